The minimum Gasteiger partial charge on any atom is -0.446 e. The fourth-order valence-electron chi connectivity index (χ4n) is 3.73. The number of rotatable bonds is 1. The molecule has 3 heteroatoms. The summed E-state index contributed by atoms with van der Waals surface area (Å²) in [6, 6.07) is 31.3. The van der Waals surface area contributed by atoms with Crippen LogP contribution in [0.5, 0.6) is 0 Å². The van der Waals surface area contributed by atoms with Crippen LogP contribution < -0.4 is 0 Å². The third-order valence-electron chi connectivity index (χ3n) is 5.13. The fourth-order valence-corrected chi connectivity index (χ4v) is 3.73. The molecule has 0 spiro atoms. The lowest BCUT2D eigenvalue weighted by molar-refractivity contribution is 0.167. The number of carbonyl (C=O) groups is 1. The van der Waals surface area contributed by atoms with Crippen LogP contribution in [0.4, 0.5) is 4.79 Å². The summed E-state index contributed by atoms with van der Waals surface area (Å²) in [4.78, 5) is 13.8. The lowest BCUT2D eigenvalue weighted by Gasteiger charge is -2.15. The SMILES string of the molecule is O=C1OC[C@@H](c2ccccc2)N1C#Cc1c2ccccc2cc2ccccc12. The van der Waals surface area contributed by atoms with Gasteiger partial charge in [0, 0.05) is 11.6 Å². The van der Waals surface area contributed by atoms with Crippen molar-refractivity contribution in [1.29, 1.82) is 0 Å². The maximum Gasteiger partial charge on any atom is 0.422 e. The molecule has 134 valence electrons. The summed E-state index contributed by atoms with van der Waals surface area (Å²) in [6.45, 7) is 0.313. The molecule has 1 amide bonds. The van der Waals surface area contributed by atoms with Crippen LogP contribution in [-0.4, -0.2) is 17.6 Å². The maximum absolute atomic E-state index is 12.3. The molecule has 0 N–H and O–H groups in total. The first kappa shape index (κ1) is 16.4. The number of benzene rings is 4. The van der Waals surface area contributed by atoms with Crippen LogP contribution in [0, 0.1) is 12.0 Å². The lowest BCUT2D eigenvalue weighted by atomic mass is 9.97. The Morgan fingerprint density at radius 2 is 1.43 bits per heavy atom. The zero-order chi connectivity index (χ0) is 18.9. The van der Waals surface area contributed by atoms with Crippen LogP contribution in [0.25, 0.3) is 21.5 Å². The van der Waals surface area contributed by atoms with E-state index in [0.717, 1.165) is 32.7 Å². The Kier molecular flexibility index (Phi) is 3.96. The predicted octanol–water partition coefficient (Wildman–Crippen LogP) is 5.50. The molecular formula is C25H17NO2. The first-order valence-corrected chi connectivity index (χ1v) is 9.24. The standard InChI is InChI=1S/C25H17NO2/c27-25-26(24(17-28-25)18-8-2-1-3-9-18)15-14-23-21-12-6-4-10-19(21)16-20-11-5-7-13-22(20)23/h1-13,16,24H,17H2/t24-/m0/s1. The molecule has 0 bridgehead atoms. The molecule has 0 radical (unpaired) electrons. The number of carbonyl (C=O) groups excluding carboxylic acids is 1. The molecule has 5 rings (SSSR count). The third-order valence-corrected chi connectivity index (χ3v) is 5.13. The van der Waals surface area contributed by atoms with E-state index in [1.807, 2.05) is 54.6 Å². The Hall–Kier alpha value is -3.77. The van der Waals surface area contributed by atoms with E-state index in [-0.39, 0.29) is 6.04 Å². The highest BCUT2D eigenvalue weighted by Crippen LogP contribution is 2.29. The first-order valence-electron chi connectivity index (χ1n) is 9.24. The summed E-state index contributed by atoms with van der Waals surface area (Å²) in [5.74, 6) is 3.28. The van der Waals surface area contributed by atoms with Crippen molar-refractivity contribution in [3.05, 3.63) is 96.1 Å². The molecule has 1 aliphatic heterocycles. The van der Waals surface area contributed by atoms with Gasteiger partial charge < -0.3 is 4.74 Å². The van der Waals surface area contributed by atoms with E-state index in [2.05, 4.69) is 42.3 Å². The molecule has 0 unspecified atom stereocenters. The zero-order valence-electron chi connectivity index (χ0n) is 15.1. The number of hydrogen-bond donors (Lipinski definition) is 0. The second-order valence-electron chi connectivity index (χ2n) is 6.80. The molecular weight excluding hydrogens is 346 g/mol. The van der Waals surface area contributed by atoms with Crippen LogP contribution in [0.3, 0.4) is 0 Å². The normalized spacial score (nSPS) is 16.1. The van der Waals surface area contributed by atoms with Crippen LogP contribution >= 0.6 is 0 Å². The Morgan fingerprint density at radius 1 is 0.821 bits per heavy atom. The number of fused-ring (bicyclic) bond motifs is 2. The van der Waals surface area contributed by atoms with Gasteiger partial charge in [0.1, 0.15) is 12.6 Å². The Labute approximate surface area is 163 Å². The molecule has 1 aliphatic rings. The van der Waals surface area contributed by atoms with Crippen molar-refractivity contribution in [2.24, 2.45) is 0 Å². The Balaban J connectivity index is 1.66. The Morgan fingerprint density at radius 3 is 2.11 bits per heavy atom. The quantitative estimate of drug-likeness (QED) is 0.330. The molecule has 4 aromatic carbocycles. The first-order chi connectivity index (χ1) is 13.8. The van der Waals surface area contributed by atoms with Gasteiger partial charge in [0.2, 0.25) is 0 Å². The fraction of sp³-hybridized carbons (Fsp3) is 0.0800. The summed E-state index contributed by atoms with van der Waals surface area (Å²) < 4.78 is 5.28. The zero-order valence-corrected chi connectivity index (χ0v) is 15.1. The number of hydrogen-bond acceptors (Lipinski definition) is 2. The van der Waals surface area contributed by atoms with Gasteiger partial charge in [-0.15, -0.1) is 0 Å². The van der Waals surface area contributed by atoms with Crippen LogP contribution in [-0.2, 0) is 4.74 Å². The molecule has 0 saturated carbocycles. The highest BCUT2D eigenvalue weighted by molar-refractivity contribution is 6.04. The molecule has 3 nitrogen and oxygen atoms in total. The minimum atomic E-state index is -0.397. The van der Waals surface area contributed by atoms with Crippen molar-refractivity contribution < 1.29 is 9.53 Å². The Bertz CT molecular complexity index is 1200. The summed E-state index contributed by atoms with van der Waals surface area (Å²) >= 11 is 0. The van der Waals surface area contributed by atoms with Gasteiger partial charge in [-0.1, -0.05) is 78.9 Å². The van der Waals surface area contributed by atoms with Gasteiger partial charge >= 0.3 is 6.09 Å². The number of ether oxygens (including phenoxy) is 1. The predicted molar refractivity (Wildman–Crippen MR) is 111 cm³/mol. The minimum absolute atomic E-state index is 0.192. The molecule has 4 aromatic rings. The molecule has 0 aromatic heterocycles. The highest BCUT2D eigenvalue weighted by Gasteiger charge is 2.33. The monoisotopic (exact) mass is 363 g/mol. The molecule has 1 atom stereocenters. The average Bonchev–Trinajstić information content (AvgIpc) is 3.12. The van der Waals surface area contributed by atoms with Crippen molar-refractivity contribution >= 4 is 27.6 Å². The average molecular weight is 363 g/mol. The van der Waals surface area contributed by atoms with E-state index in [1.165, 1.54) is 4.90 Å². The van der Waals surface area contributed by atoms with Gasteiger partial charge in [-0.05, 0) is 39.1 Å². The van der Waals surface area contributed by atoms with Crippen molar-refractivity contribution in [1.82, 2.24) is 4.90 Å². The smallest absolute Gasteiger partial charge is 0.422 e. The summed E-state index contributed by atoms with van der Waals surface area (Å²) in [7, 11) is 0. The third kappa shape index (κ3) is 2.76. The van der Waals surface area contributed by atoms with Crippen LogP contribution in [0.2, 0.25) is 0 Å². The lowest BCUT2D eigenvalue weighted by Crippen LogP contribution is -2.22. The van der Waals surface area contributed by atoms with Crippen LogP contribution in [0.1, 0.15) is 17.2 Å². The van der Waals surface area contributed by atoms with E-state index in [9.17, 15) is 4.79 Å². The van der Waals surface area contributed by atoms with Gasteiger partial charge in [0.05, 0.1) is 0 Å². The molecule has 0 aliphatic carbocycles. The van der Waals surface area contributed by atoms with Gasteiger partial charge in [0.15, 0.2) is 0 Å². The van der Waals surface area contributed by atoms with Gasteiger partial charge in [-0.3, -0.25) is 0 Å². The van der Waals surface area contributed by atoms with Crippen LogP contribution in [0.15, 0.2) is 84.9 Å². The van der Waals surface area contributed by atoms with Gasteiger partial charge in [0.25, 0.3) is 0 Å². The number of nitrogens with zero attached hydrogens (tertiary/aromatic N) is 1. The number of amides is 1. The van der Waals surface area contributed by atoms with E-state index in [4.69, 9.17) is 4.74 Å². The van der Waals surface area contributed by atoms with E-state index < -0.39 is 6.09 Å². The second-order valence-corrected chi connectivity index (χ2v) is 6.80. The second kappa shape index (κ2) is 6.75. The topological polar surface area (TPSA) is 29.5 Å². The summed E-state index contributed by atoms with van der Waals surface area (Å²) in [5, 5.41) is 4.43. The molecule has 1 saturated heterocycles. The van der Waals surface area contributed by atoms with Crippen molar-refractivity contribution in [3.63, 3.8) is 0 Å². The van der Waals surface area contributed by atoms with E-state index in [0.29, 0.717) is 6.61 Å². The highest BCUT2D eigenvalue weighted by atomic mass is 16.6. The summed E-state index contributed by atoms with van der Waals surface area (Å²) in [5.41, 5.74) is 1.95. The number of cyclic esters (lactones) is 1. The van der Waals surface area contributed by atoms with Gasteiger partial charge in [-0.25, -0.2) is 9.69 Å². The largest absolute Gasteiger partial charge is 0.446 e. The van der Waals surface area contributed by atoms with E-state index >= 15 is 0 Å². The van der Waals surface area contributed by atoms with Crippen molar-refractivity contribution in [3.8, 4) is 12.0 Å². The molecule has 1 fully saturated rings. The van der Waals surface area contributed by atoms with Gasteiger partial charge in [-0.2, -0.15) is 0 Å². The maximum atomic E-state index is 12.3. The van der Waals surface area contributed by atoms with Crippen molar-refractivity contribution in [2.75, 3.05) is 6.61 Å². The van der Waals surface area contributed by atoms with Crippen molar-refractivity contribution in [2.45, 2.75) is 6.04 Å². The molecule has 28 heavy (non-hydrogen) atoms. The summed E-state index contributed by atoms with van der Waals surface area (Å²) in [6.07, 6.45) is -0.397. The van der Waals surface area contributed by atoms with E-state index in [1.54, 1.807) is 0 Å². The molecule has 1 heterocycles.